The maximum atomic E-state index is 12.1. The van der Waals surface area contributed by atoms with E-state index in [9.17, 15) is 9.59 Å². The summed E-state index contributed by atoms with van der Waals surface area (Å²) in [6, 6.07) is 7.42. The number of hydrogen-bond donors (Lipinski definition) is 2. The highest BCUT2D eigenvalue weighted by molar-refractivity contribution is 7.99. The van der Waals surface area contributed by atoms with Gasteiger partial charge in [-0.25, -0.2) is 0 Å². The monoisotopic (exact) mass is 366 g/mol. The molecule has 7 heteroatoms. The van der Waals surface area contributed by atoms with E-state index >= 15 is 0 Å². The van der Waals surface area contributed by atoms with E-state index in [0.29, 0.717) is 10.6 Å². The summed E-state index contributed by atoms with van der Waals surface area (Å²) in [5, 5.41) is 9.86. The minimum atomic E-state index is -0.232. The van der Waals surface area contributed by atoms with Gasteiger partial charge in [-0.2, -0.15) is 11.3 Å². The van der Waals surface area contributed by atoms with E-state index in [1.807, 2.05) is 23.6 Å². The predicted molar refractivity (Wildman–Crippen MR) is 94.3 cm³/mol. The quantitative estimate of drug-likeness (QED) is 0.870. The van der Waals surface area contributed by atoms with Gasteiger partial charge in [0.25, 0.3) is 5.91 Å². The Labute approximate surface area is 147 Å². The van der Waals surface area contributed by atoms with Gasteiger partial charge in [0.1, 0.15) is 0 Å². The molecule has 2 amide bonds. The third-order valence-corrected chi connectivity index (χ3v) is 5.58. The number of rotatable bonds is 4. The number of thioether (sulfide) groups is 1. The van der Waals surface area contributed by atoms with Crippen LogP contribution in [0, 0.1) is 0 Å². The Balaban J connectivity index is 1.59. The number of nitrogens with one attached hydrogen (secondary N) is 2. The van der Waals surface area contributed by atoms with Gasteiger partial charge in [0, 0.05) is 26.6 Å². The maximum Gasteiger partial charge on any atom is 0.252 e. The van der Waals surface area contributed by atoms with Crippen molar-refractivity contribution >= 4 is 46.5 Å². The molecule has 0 unspecified atom stereocenters. The minimum Gasteiger partial charge on any atom is -0.348 e. The zero-order valence-corrected chi connectivity index (χ0v) is 14.6. The van der Waals surface area contributed by atoms with Gasteiger partial charge in [0.2, 0.25) is 5.91 Å². The SMILES string of the molecule is O=C(CNC(=O)c1ccsc1)N[C@H]1CCSc2ccc(Cl)cc21. The van der Waals surface area contributed by atoms with Crippen LogP contribution < -0.4 is 10.6 Å². The van der Waals surface area contributed by atoms with Crippen LogP contribution in [0.5, 0.6) is 0 Å². The fraction of sp³-hybridized carbons (Fsp3) is 0.250. The Hall–Kier alpha value is -1.50. The van der Waals surface area contributed by atoms with Gasteiger partial charge in [-0.1, -0.05) is 11.6 Å². The van der Waals surface area contributed by atoms with E-state index in [0.717, 1.165) is 22.6 Å². The second-order valence-corrected chi connectivity index (χ2v) is 7.49. The van der Waals surface area contributed by atoms with Gasteiger partial charge >= 0.3 is 0 Å². The average Bonchev–Trinajstić information content (AvgIpc) is 3.08. The highest BCUT2D eigenvalue weighted by atomic mass is 35.5. The first-order valence-corrected chi connectivity index (χ1v) is 9.46. The van der Waals surface area contributed by atoms with Crippen molar-refractivity contribution in [3.05, 3.63) is 51.2 Å². The van der Waals surface area contributed by atoms with Gasteiger partial charge in [0.15, 0.2) is 0 Å². The van der Waals surface area contributed by atoms with Crippen molar-refractivity contribution in [3.63, 3.8) is 0 Å². The summed E-state index contributed by atoms with van der Waals surface area (Å²) >= 11 is 9.27. The molecule has 1 aliphatic heterocycles. The largest absolute Gasteiger partial charge is 0.348 e. The molecule has 120 valence electrons. The molecule has 2 aromatic rings. The summed E-state index contributed by atoms with van der Waals surface area (Å²) < 4.78 is 0. The number of hydrogen-bond acceptors (Lipinski definition) is 4. The van der Waals surface area contributed by atoms with Gasteiger partial charge in [-0.05, 0) is 41.6 Å². The molecule has 0 spiro atoms. The third kappa shape index (κ3) is 4.07. The fourth-order valence-electron chi connectivity index (χ4n) is 2.42. The van der Waals surface area contributed by atoms with E-state index in [1.165, 1.54) is 11.3 Å². The number of fused-ring (bicyclic) bond motifs is 1. The van der Waals surface area contributed by atoms with E-state index in [4.69, 9.17) is 11.6 Å². The van der Waals surface area contributed by atoms with E-state index in [1.54, 1.807) is 23.2 Å². The van der Waals surface area contributed by atoms with Crippen molar-refractivity contribution in [2.24, 2.45) is 0 Å². The maximum absolute atomic E-state index is 12.1. The zero-order valence-electron chi connectivity index (χ0n) is 12.2. The molecule has 0 saturated carbocycles. The second kappa shape index (κ2) is 7.38. The molecule has 1 atom stereocenters. The van der Waals surface area contributed by atoms with E-state index in [-0.39, 0.29) is 24.4 Å². The van der Waals surface area contributed by atoms with Crippen molar-refractivity contribution in [2.75, 3.05) is 12.3 Å². The summed E-state index contributed by atoms with van der Waals surface area (Å²) in [5.41, 5.74) is 1.63. The van der Waals surface area contributed by atoms with Crippen molar-refractivity contribution in [1.29, 1.82) is 0 Å². The molecular weight excluding hydrogens is 352 g/mol. The molecule has 0 saturated heterocycles. The van der Waals surface area contributed by atoms with Crippen molar-refractivity contribution in [2.45, 2.75) is 17.4 Å². The van der Waals surface area contributed by atoms with Gasteiger partial charge in [-0.3, -0.25) is 9.59 Å². The summed E-state index contributed by atoms with van der Waals surface area (Å²) in [4.78, 5) is 25.1. The molecule has 23 heavy (non-hydrogen) atoms. The molecule has 2 heterocycles. The lowest BCUT2D eigenvalue weighted by molar-refractivity contribution is -0.120. The van der Waals surface area contributed by atoms with Crippen LogP contribution in [-0.4, -0.2) is 24.1 Å². The van der Waals surface area contributed by atoms with Crippen LogP contribution in [0.2, 0.25) is 5.02 Å². The van der Waals surface area contributed by atoms with Gasteiger partial charge in [-0.15, -0.1) is 11.8 Å². The molecule has 1 aromatic heterocycles. The molecule has 1 aromatic carbocycles. The van der Waals surface area contributed by atoms with E-state index < -0.39 is 0 Å². The van der Waals surface area contributed by atoms with Gasteiger partial charge < -0.3 is 10.6 Å². The van der Waals surface area contributed by atoms with Crippen LogP contribution in [0.4, 0.5) is 0 Å². The Bertz CT molecular complexity index is 719. The zero-order chi connectivity index (χ0) is 16.2. The normalized spacial score (nSPS) is 16.5. The first kappa shape index (κ1) is 16.4. The van der Waals surface area contributed by atoms with Crippen molar-refractivity contribution in [1.82, 2.24) is 10.6 Å². The molecule has 3 rings (SSSR count). The molecule has 0 bridgehead atoms. The first-order valence-electron chi connectivity index (χ1n) is 7.15. The average molecular weight is 367 g/mol. The van der Waals surface area contributed by atoms with Crippen LogP contribution in [0.3, 0.4) is 0 Å². The summed E-state index contributed by atoms with van der Waals surface area (Å²) in [6.07, 6.45) is 0.849. The lowest BCUT2D eigenvalue weighted by Gasteiger charge is -2.26. The molecule has 1 aliphatic rings. The summed E-state index contributed by atoms with van der Waals surface area (Å²) in [6.45, 7) is -0.0335. The summed E-state index contributed by atoms with van der Waals surface area (Å²) in [5.74, 6) is 0.515. The fourth-order valence-corrected chi connectivity index (χ4v) is 4.34. The topological polar surface area (TPSA) is 58.2 Å². The smallest absolute Gasteiger partial charge is 0.252 e. The van der Waals surface area contributed by atoms with Crippen LogP contribution in [0.1, 0.15) is 28.4 Å². The highest BCUT2D eigenvalue weighted by Gasteiger charge is 2.22. The van der Waals surface area contributed by atoms with Crippen molar-refractivity contribution in [3.8, 4) is 0 Å². The lowest BCUT2D eigenvalue weighted by atomic mass is 10.0. The number of carbonyl (C=O) groups is 2. The Morgan fingerprint density at radius 3 is 2.96 bits per heavy atom. The van der Waals surface area contributed by atoms with Crippen LogP contribution in [-0.2, 0) is 4.79 Å². The Kier molecular flexibility index (Phi) is 5.25. The number of amides is 2. The molecule has 4 nitrogen and oxygen atoms in total. The highest BCUT2D eigenvalue weighted by Crippen LogP contribution is 2.37. The standard InChI is InChI=1S/C16H15ClN2O2S2/c17-11-1-2-14-12(7-11)13(4-6-23-14)19-15(20)8-18-16(21)10-3-5-22-9-10/h1-3,5,7,9,13H,4,6,8H2,(H,18,21)(H,19,20)/t13-/m0/s1. The number of benzene rings is 1. The number of halogens is 1. The molecule has 0 fully saturated rings. The molecular formula is C16H15ClN2O2S2. The second-order valence-electron chi connectivity index (χ2n) is 5.13. The van der Waals surface area contributed by atoms with E-state index in [2.05, 4.69) is 10.6 Å². The molecule has 0 aliphatic carbocycles. The Morgan fingerprint density at radius 2 is 2.17 bits per heavy atom. The summed E-state index contributed by atoms with van der Waals surface area (Å²) in [7, 11) is 0. The molecule has 2 N–H and O–H groups in total. The van der Waals surface area contributed by atoms with Crippen LogP contribution >= 0.6 is 34.7 Å². The predicted octanol–water partition coefficient (Wildman–Crippen LogP) is 3.48. The van der Waals surface area contributed by atoms with Crippen LogP contribution in [0.25, 0.3) is 0 Å². The minimum absolute atomic E-state index is 0.0335. The molecule has 0 radical (unpaired) electrons. The first-order chi connectivity index (χ1) is 11.1. The third-order valence-electron chi connectivity index (χ3n) is 3.54. The lowest BCUT2D eigenvalue weighted by Crippen LogP contribution is -2.39. The number of carbonyl (C=O) groups excluding carboxylic acids is 2. The van der Waals surface area contributed by atoms with Gasteiger partial charge in [0.05, 0.1) is 12.6 Å². The van der Waals surface area contributed by atoms with Crippen LogP contribution in [0.15, 0.2) is 39.9 Å². The Morgan fingerprint density at radius 1 is 1.30 bits per heavy atom. The van der Waals surface area contributed by atoms with Crippen molar-refractivity contribution < 1.29 is 9.59 Å². The number of thiophene rings is 1.